The number of ketones is 1. The standard InChI is InChI=1S/C14H19NO2/c1-14(2,3)15-9-8-12(17)13(15)10-4-6-11(16)7-5-10/h4-7,13,16H,8-9H2,1-3H3. The van der Waals surface area contributed by atoms with Gasteiger partial charge in [-0.2, -0.15) is 0 Å². The zero-order valence-electron chi connectivity index (χ0n) is 10.6. The summed E-state index contributed by atoms with van der Waals surface area (Å²) in [5.74, 6) is 0.507. The zero-order valence-corrected chi connectivity index (χ0v) is 10.6. The molecule has 0 bridgehead atoms. The molecule has 1 aliphatic heterocycles. The van der Waals surface area contributed by atoms with E-state index >= 15 is 0 Å². The van der Waals surface area contributed by atoms with Gasteiger partial charge in [0.15, 0.2) is 5.78 Å². The molecule has 1 aromatic rings. The third kappa shape index (κ3) is 2.34. The highest BCUT2D eigenvalue weighted by atomic mass is 16.3. The Morgan fingerprint density at radius 3 is 2.35 bits per heavy atom. The quantitative estimate of drug-likeness (QED) is 0.810. The summed E-state index contributed by atoms with van der Waals surface area (Å²) < 4.78 is 0. The van der Waals surface area contributed by atoms with E-state index in [2.05, 4.69) is 25.7 Å². The maximum absolute atomic E-state index is 12.0. The molecule has 1 heterocycles. The van der Waals surface area contributed by atoms with E-state index < -0.39 is 0 Å². The molecule has 2 rings (SSSR count). The maximum Gasteiger partial charge on any atom is 0.155 e. The Morgan fingerprint density at radius 2 is 1.82 bits per heavy atom. The van der Waals surface area contributed by atoms with Crippen LogP contribution in [0.3, 0.4) is 0 Å². The smallest absolute Gasteiger partial charge is 0.155 e. The van der Waals surface area contributed by atoms with Gasteiger partial charge in [-0.25, -0.2) is 0 Å². The number of nitrogens with zero attached hydrogens (tertiary/aromatic N) is 1. The summed E-state index contributed by atoms with van der Waals surface area (Å²) in [6.45, 7) is 7.19. The Morgan fingerprint density at radius 1 is 1.24 bits per heavy atom. The molecule has 1 unspecified atom stereocenters. The number of carbonyl (C=O) groups excluding carboxylic acids is 1. The van der Waals surface area contributed by atoms with Gasteiger partial charge in [-0.15, -0.1) is 0 Å². The molecule has 1 N–H and O–H groups in total. The van der Waals surface area contributed by atoms with Crippen LogP contribution in [0.1, 0.15) is 38.8 Å². The number of rotatable bonds is 1. The summed E-state index contributed by atoms with van der Waals surface area (Å²) in [6, 6.07) is 6.80. The van der Waals surface area contributed by atoms with Crippen LogP contribution in [-0.2, 0) is 4.79 Å². The predicted molar refractivity (Wildman–Crippen MR) is 66.9 cm³/mol. The minimum atomic E-state index is -0.157. The second-order valence-corrected chi connectivity index (χ2v) is 5.57. The summed E-state index contributed by atoms with van der Waals surface area (Å²) >= 11 is 0. The van der Waals surface area contributed by atoms with Crippen LogP contribution in [0.15, 0.2) is 24.3 Å². The fraction of sp³-hybridized carbons (Fsp3) is 0.500. The minimum Gasteiger partial charge on any atom is -0.508 e. The number of Topliss-reactive ketones (excluding diaryl/α,β-unsaturated/α-hetero) is 1. The molecule has 17 heavy (non-hydrogen) atoms. The third-order valence-electron chi connectivity index (χ3n) is 3.29. The number of hydrogen-bond acceptors (Lipinski definition) is 3. The highest BCUT2D eigenvalue weighted by Gasteiger charge is 2.39. The van der Waals surface area contributed by atoms with E-state index in [4.69, 9.17) is 0 Å². The Kier molecular flexibility index (Phi) is 2.96. The Balaban J connectivity index is 2.34. The third-order valence-corrected chi connectivity index (χ3v) is 3.29. The molecule has 92 valence electrons. The van der Waals surface area contributed by atoms with Crippen molar-refractivity contribution in [3.05, 3.63) is 29.8 Å². The molecule has 3 nitrogen and oxygen atoms in total. The average Bonchev–Trinajstić information content (AvgIpc) is 2.61. The van der Waals surface area contributed by atoms with Crippen molar-refractivity contribution in [2.45, 2.75) is 38.8 Å². The lowest BCUT2D eigenvalue weighted by atomic mass is 9.98. The topological polar surface area (TPSA) is 40.5 Å². The predicted octanol–water partition coefficient (Wildman–Crippen LogP) is 2.51. The van der Waals surface area contributed by atoms with Crippen LogP contribution >= 0.6 is 0 Å². The molecule has 0 spiro atoms. The first-order chi connectivity index (χ1) is 7.89. The minimum absolute atomic E-state index is 0.0191. The molecule has 1 aliphatic rings. The van der Waals surface area contributed by atoms with Gasteiger partial charge in [0.05, 0.1) is 6.04 Å². The van der Waals surface area contributed by atoms with Gasteiger partial charge in [-0.1, -0.05) is 12.1 Å². The summed E-state index contributed by atoms with van der Waals surface area (Å²) in [4.78, 5) is 14.2. The van der Waals surface area contributed by atoms with Gasteiger partial charge in [0.1, 0.15) is 5.75 Å². The van der Waals surface area contributed by atoms with Crippen molar-refractivity contribution in [2.24, 2.45) is 0 Å². The van der Waals surface area contributed by atoms with Gasteiger partial charge < -0.3 is 5.11 Å². The molecule has 0 saturated carbocycles. The molecule has 0 aliphatic carbocycles. The van der Waals surface area contributed by atoms with Gasteiger partial charge in [0.2, 0.25) is 0 Å². The molecular formula is C14H19NO2. The number of benzene rings is 1. The largest absolute Gasteiger partial charge is 0.508 e. The number of phenolic OH excluding ortho intramolecular Hbond substituents is 1. The Hall–Kier alpha value is -1.35. The zero-order chi connectivity index (χ0) is 12.6. The van der Waals surface area contributed by atoms with Gasteiger partial charge >= 0.3 is 0 Å². The Bertz CT molecular complexity index is 417. The van der Waals surface area contributed by atoms with Crippen LogP contribution in [0.25, 0.3) is 0 Å². The highest BCUT2D eigenvalue weighted by molar-refractivity contribution is 5.87. The first-order valence-corrected chi connectivity index (χ1v) is 5.98. The molecule has 0 aromatic heterocycles. The first kappa shape index (κ1) is 12.1. The molecule has 0 amide bonds. The summed E-state index contributed by atoms with van der Waals surface area (Å²) in [5, 5.41) is 9.29. The second kappa shape index (κ2) is 4.15. The lowest BCUT2D eigenvalue weighted by Crippen LogP contribution is -2.41. The van der Waals surface area contributed by atoms with Crippen LogP contribution in [0.4, 0.5) is 0 Å². The van der Waals surface area contributed by atoms with Crippen molar-refractivity contribution in [3.63, 3.8) is 0 Å². The average molecular weight is 233 g/mol. The summed E-state index contributed by atoms with van der Waals surface area (Å²) in [5.41, 5.74) is 0.953. The van der Waals surface area contributed by atoms with Crippen molar-refractivity contribution in [3.8, 4) is 5.75 Å². The second-order valence-electron chi connectivity index (χ2n) is 5.57. The fourth-order valence-corrected chi connectivity index (χ4v) is 2.42. The molecule has 1 atom stereocenters. The van der Waals surface area contributed by atoms with E-state index in [1.54, 1.807) is 12.1 Å². The van der Waals surface area contributed by atoms with Crippen LogP contribution < -0.4 is 0 Å². The Labute approximate surface area is 102 Å². The highest BCUT2D eigenvalue weighted by Crippen LogP contribution is 2.35. The molecule has 1 saturated heterocycles. The van der Waals surface area contributed by atoms with Gasteiger partial charge in [0, 0.05) is 18.5 Å². The molecule has 0 radical (unpaired) electrons. The van der Waals surface area contributed by atoms with E-state index in [0.29, 0.717) is 6.42 Å². The monoisotopic (exact) mass is 233 g/mol. The van der Waals surface area contributed by atoms with Crippen molar-refractivity contribution in [1.82, 2.24) is 4.90 Å². The van der Waals surface area contributed by atoms with Crippen LogP contribution in [0, 0.1) is 0 Å². The molecule has 3 heteroatoms. The number of likely N-dealkylation sites (tertiary alicyclic amines) is 1. The van der Waals surface area contributed by atoms with Crippen LogP contribution in [0.2, 0.25) is 0 Å². The van der Waals surface area contributed by atoms with Gasteiger partial charge in [-0.05, 0) is 38.5 Å². The normalized spacial score (nSPS) is 22.1. The SMILES string of the molecule is CC(C)(C)N1CCC(=O)C1c1ccc(O)cc1. The van der Waals surface area contributed by atoms with Crippen LogP contribution in [0.5, 0.6) is 5.75 Å². The summed E-state index contributed by atoms with van der Waals surface area (Å²) in [6.07, 6.45) is 0.614. The van der Waals surface area contributed by atoms with E-state index in [9.17, 15) is 9.90 Å². The lowest BCUT2D eigenvalue weighted by molar-refractivity contribution is -0.121. The van der Waals surface area contributed by atoms with Gasteiger partial charge in [0.25, 0.3) is 0 Å². The van der Waals surface area contributed by atoms with Crippen molar-refractivity contribution in [2.75, 3.05) is 6.54 Å². The molecule has 1 aromatic carbocycles. The van der Waals surface area contributed by atoms with E-state index in [1.807, 2.05) is 12.1 Å². The van der Waals surface area contributed by atoms with Crippen molar-refractivity contribution >= 4 is 5.78 Å². The van der Waals surface area contributed by atoms with E-state index in [-0.39, 0.29) is 23.1 Å². The van der Waals surface area contributed by atoms with Gasteiger partial charge in [-0.3, -0.25) is 9.69 Å². The number of carbonyl (C=O) groups is 1. The van der Waals surface area contributed by atoms with Crippen molar-refractivity contribution < 1.29 is 9.90 Å². The lowest BCUT2D eigenvalue weighted by Gasteiger charge is -2.36. The number of hydrogen-bond donors (Lipinski definition) is 1. The summed E-state index contributed by atoms with van der Waals surface area (Å²) in [7, 11) is 0. The number of phenols is 1. The molecular weight excluding hydrogens is 214 g/mol. The fourth-order valence-electron chi connectivity index (χ4n) is 2.42. The van der Waals surface area contributed by atoms with E-state index in [1.165, 1.54) is 0 Å². The van der Waals surface area contributed by atoms with Crippen LogP contribution in [-0.4, -0.2) is 27.9 Å². The van der Waals surface area contributed by atoms with E-state index in [0.717, 1.165) is 12.1 Å². The molecule has 1 fully saturated rings. The maximum atomic E-state index is 12.0. The van der Waals surface area contributed by atoms with Crippen molar-refractivity contribution in [1.29, 1.82) is 0 Å². The number of aromatic hydroxyl groups is 1. The first-order valence-electron chi connectivity index (χ1n) is 5.98.